The lowest BCUT2D eigenvalue weighted by atomic mass is 9.93. The monoisotopic (exact) mass is 353 g/mol. The van der Waals surface area contributed by atoms with E-state index in [9.17, 15) is 0 Å². The number of nitrogens with zero attached hydrogens (tertiary/aromatic N) is 2. The van der Waals surface area contributed by atoms with Gasteiger partial charge in [-0.3, -0.25) is 4.90 Å². The van der Waals surface area contributed by atoms with Crippen molar-refractivity contribution >= 4 is 15.9 Å². The molecule has 1 saturated heterocycles. The van der Waals surface area contributed by atoms with Crippen LogP contribution < -0.4 is 5.73 Å². The molecule has 0 amide bonds. The molecule has 0 saturated carbocycles. The predicted molar refractivity (Wildman–Crippen MR) is 93.4 cm³/mol. The molecule has 118 valence electrons. The van der Waals surface area contributed by atoms with Crippen LogP contribution in [0.1, 0.15) is 37.8 Å². The third-order valence-electron chi connectivity index (χ3n) is 4.72. The highest BCUT2D eigenvalue weighted by molar-refractivity contribution is 9.10. The van der Waals surface area contributed by atoms with Gasteiger partial charge in [-0.1, -0.05) is 41.1 Å². The lowest BCUT2D eigenvalue weighted by molar-refractivity contribution is 0.0857. The summed E-state index contributed by atoms with van der Waals surface area (Å²) in [7, 11) is 4.46. The van der Waals surface area contributed by atoms with Gasteiger partial charge in [-0.05, 0) is 51.5 Å². The van der Waals surface area contributed by atoms with Gasteiger partial charge in [0.05, 0.1) is 6.04 Å². The molecule has 0 aromatic heterocycles. The van der Waals surface area contributed by atoms with Gasteiger partial charge in [0.25, 0.3) is 0 Å². The fraction of sp³-hybridized carbons (Fsp3) is 0.647. The van der Waals surface area contributed by atoms with E-state index >= 15 is 0 Å². The van der Waals surface area contributed by atoms with Gasteiger partial charge in [0.1, 0.15) is 0 Å². The zero-order valence-electron chi connectivity index (χ0n) is 13.4. The van der Waals surface area contributed by atoms with Gasteiger partial charge in [0, 0.05) is 23.1 Å². The van der Waals surface area contributed by atoms with Crippen LogP contribution in [0.15, 0.2) is 28.7 Å². The fourth-order valence-corrected chi connectivity index (χ4v) is 3.91. The Hall–Kier alpha value is -0.420. The molecule has 0 aliphatic carbocycles. The lowest BCUT2D eigenvalue weighted by Gasteiger charge is -2.42. The third kappa shape index (κ3) is 4.07. The topological polar surface area (TPSA) is 32.5 Å². The quantitative estimate of drug-likeness (QED) is 0.881. The summed E-state index contributed by atoms with van der Waals surface area (Å²) in [6, 6.07) is 9.49. The summed E-state index contributed by atoms with van der Waals surface area (Å²) >= 11 is 3.71. The number of halogens is 1. The minimum absolute atomic E-state index is 0.154. The largest absolute Gasteiger partial charge is 0.326 e. The molecule has 1 fully saturated rings. The van der Waals surface area contributed by atoms with Crippen LogP contribution >= 0.6 is 15.9 Å². The molecule has 2 N–H and O–H groups in total. The van der Waals surface area contributed by atoms with Crippen LogP contribution in [0, 0.1) is 0 Å². The van der Waals surface area contributed by atoms with Crippen LogP contribution in [0.4, 0.5) is 0 Å². The van der Waals surface area contributed by atoms with Gasteiger partial charge in [-0.2, -0.15) is 0 Å². The molecule has 4 heteroatoms. The number of hydrogen-bond donors (Lipinski definition) is 1. The van der Waals surface area contributed by atoms with Crippen LogP contribution in [0.25, 0.3) is 0 Å². The average Bonchev–Trinajstić information content (AvgIpc) is 2.49. The van der Waals surface area contributed by atoms with Gasteiger partial charge >= 0.3 is 0 Å². The van der Waals surface area contributed by atoms with Gasteiger partial charge in [0.15, 0.2) is 0 Å². The van der Waals surface area contributed by atoms with Crippen LogP contribution in [-0.2, 0) is 0 Å². The number of likely N-dealkylation sites (N-methyl/N-ethyl adjacent to an activating group) is 2. The van der Waals surface area contributed by atoms with Crippen LogP contribution in [0.3, 0.4) is 0 Å². The molecule has 1 aromatic rings. The molecular weight excluding hydrogens is 326 g/mol. The molecule has 21 heavy (non-hydrogen) atoms. The van der Waals surface area contributed by atoms with Crippen molar-refractivity contribution in [3.63, 3.8) is 0 Å². The van der Waals surface area contributed by atoms with Crippen molar-refractivity contribution in [1.29, 1.82) is 0 Å². The summed E-state index contributed by atoms with van der Waals surface area (Å²) < 4.78 is 1.16. The maximum atomic E-state index is 6.48. The zero-order chi connectivity index (χ0) is 15.4. The summed E-state index contributed by atoms with van der Waals surface area (Å²) in [5, 5.41) is 0. The first kappa shape index (κ1) is 16.9. The summed E-state index contributed by atoms with van der Waals surface area (Å²) in [5.74, 6) is 0. The van der Waals surface area contributed by atoms with E-state index in [1.165, 1.54) is 24.9 Å². The van der Waals surface area contributed by atoms with Crippen LogP contribution in [0.5, 0.6) is 0 Å². The molecule has 3 nitrogen and oxygen atoms in total. The Kier molecular flexibility index (Phi) is 6.23. The maximum absolute atomic E-state index is 6.48. The summed E-state index contributed by atoms with van der Waals surface area (Å²) in [4.78, 5) is 4.93. The molecule has 1 aliphatic rings. The highest BCUT2D eigenvalue weighted by atomic mass is 79.9. The highest BCUT2D eigenvalue weighted by Crippen LogP contribution is 2.32. The summed E-state index contributed by atoms with van der Waals surface area (Å²) in [5.41, 5.74) is 7.79. The summed E-state index contributed by atoms with van der Waals surface area (Å²) in [6.07, 6.45) is 3.52. The molecule has 0 radical (unpaired) electrons. The first-order valence-electron chi connectivity index (χ1n) is 7.95. The molecule has 1 aliphatic heterocycles. The van der Waals surface area contributed by atoms with Crippen molar-refractivity contribution in [2.45, 2.75) is 44.3 Å². The second-order valence-electron chi connectivity index (χ2n) is 6.26. The van der Waals surface area contributed by atoms with Crippen molar-refractivity contribution in [1.82, 2.24) is 9.80 Å². The molecule has 0 spiro atoms. The van der Waals surface area contributed by atoms with E-state index in [0.29, 0.717) is 6.04 Å². The van der Waals surface area contributed by atoms with E-state index < -0.39 is 0 Å². The number of hydrogen-bond acceptors (Lipinski definition) is 3. The average molecular weight is 354 g/mol. The first-order valence-corrected chi connectivity index (χ1v) is 8.74. The minimum Gasteiger partial charge on any atom is -0.326 e. The van der Waals surface area contributed by atoms with Crippen molar-refractivity contribution in [2.24, 2.45) is 5.73 Å². The molecule has 2 rings (SSSR count). The summed E-state index contributed by atoms with van der Waals surface area (Å²) in [6.45, 7) is 4.52. The smallest absolute Gasteiger partial charge is 0.0510 e. The van der Waals surface area contributed by atoms with Crippen molar-refractivity contribution in [3.05, 3.63) is 34.3 Å². The Morgan fingerprint density at radius 3 is 2.76 bits per heavy atom. The van der Waals surface area contributed by atoms with Gasteiger partial charge in [-0.25, -0.2) is 0 Å². The van der Waals surface area contributed by atoms with Crippen molar-refractivity contribution in [2.75, 3.05) is 27.2 Å². The highest BCUT2D eigenvalue weighted by Gasteiger charge is 2.31. The van der Waals surface area contributed by atoms with E-state index in [-0.39, 0.29) is 12.1 Å². The maximum Gasteiger partial charge on any atom is 0.0510 e. The Labute approximate surface area is 137 Å². The van der Waals surface area contributed by atoms with E-state index in [1.807, 2.05) is 0 Å². The van der Waals surface area contributed by atoms with Gasteiger partial charge < -0.3 is 10.6 Å². The SMILES string of the molecule is CCC(N)C(c1ccccc1Br)N(C)C1CCCN(C)C1. The molecule has 3 unspecified atom stereocenters. The van der Waals surface area contributed by atoms with E-state index in [1.54, 1.807) is 0 Å². The number of likely N-dealkylation sites (tertiary alicyclic amines) is 1. The van der Waals surface area contributed by atoms with Crippen LogP contribution in [0.2, 0.25) is 0 Å². The van der Waals surface area contributed by atoms with Crippen molar-refractivity contribution in [3.8, 4) is 0 Å². The lowest BCUT2D eigenvalue weighted by Crippen LogP contribution is -2.50. The van der Waals surface area contributed by atoms with E-state index in [2.05, 4.69) is 71.0 Å². The van der Waals surface area contributed by atoms with E-state index in [0.717, 1.165) is 17.4 Å². The first-order chi connectivity index (χ1) is 10.0. The zero-order valence-corrected chi connectivity index (χ0v) is 15.0. The Bertz CT molecular complexity index is 451. The Morgan fingerprint density at radius 1 is 1.43 bits per heavy atom. The third-order valence-corrected chi connectivity index (χ3v) is 5.44. The predicted octanol–water partition coefficient (Wildman–Crippen LogP) is 3.25. The molecular formula is C17H28BrN3. The number of piperidine rings is 1. The number of benzene rings is 1. The molecule has 0 bridgehead atoms. The molecule has 1 heterocycles. The van der Waals surface area contributed by atoms with E-state index in [4.69, 9.17) is 5.73 Å². The molecule has 3 atom stereocenters. The second kappa shape index (κ2) is 7.73. The van der Waals surface area contributed by atoms with Crippen LogP contribution in [-0.4, -0.2) is 49.1 Å². The van der Waals surface area contributed by atoms with Gasteiger partial charge in [0.2, 0.25) is 0 Å². The minimum atomic E-state index is 0.154. The Morgan fingerprint density at radius 2 is 2.14 bits per heavy atom. The van der Waals surface area contributed by atoms with Gasteiger partial charge in [-0.15, -0.1) is 0 Å². The number of rotatable bonds is 5. The number of nitrogens with two attached hydrogens (primary N) is 1. The standard InChI is InChI=1S/C17H28BrN3/c1-4-16(19)17(14-9-5-6-10-15(14)18)21(3)13-8-7-11-20(2)12-13/h5-6,9-10,13,16-17H,4,7-8,11-12,19H2,1-3H3. The normalized spacial score (nSPS) is 23.2. The second-order valence-corrected chi connectivity index (χ2v) is 7.12. The Balaban J connectivity index is 2.25. The fourth-order valence-electron chi connectivity index (χ4n) is 3.39. The van der Waals surface area contributed by atoms with Crippen molar-refractivity contribution < 1.29 is 0 Å². The molecule has 1 aromatic carbocycles.